The molecule has 0 saturated carbocycles. The second-order valence-corrected chi connectivity index (χ2v) is 7.72. The van der Waals surface area contributed by atoms with E-state index >= 15 is 0 Å². The lowest BCUT2D eigenvalue weighted by Gasteiger charge is -2.34. The highest BCUT2D eigenvalue weighted by atomic mass is 127. The maximum Gasteiger partial charge on any atom is 0.283 e. The summed E-state index contributed by atoms with van der Waals surface area (Å²) in [6, 6.07) is 4.12. The molecule has 8 heteroatoms. The van der Waals surface area contributed by atoms with Crippen LogP contribution in [0.2, 0.25) is 0 Å². The van der Waals surface area contributed by atoms with Crippen molar-refractivity contribution in [1.82, 2.24) is 14.8 Å². The minimum atomic E-state index is 0.110. The van der Waals surface area contributed by atoms with Crippen molar-refractivity contribution in [3.05, 3.63) is 23.9 Å². The topological polar surface area (TPSA) is 56.8 Å². The molecule has 0 aliphatic carbocycles. The molecule has 2 rings (SSSR count). The van der Waals surface area contributed by atoms with Crippen LogP contribution < -0.4 is 4.90 Å². The summed E-state index contributed by atoms with van der Waals surface area (Å²) < 4.78 is 0.297. The Hall–Kier alpha value is -0.490. The van der Waals surface area contributed by atoms with Crippen LogP contribution in [0.3, 0.4) is 0 Å². The molecule has 0 radical (unpaired) electrons. The molecular weight excluding hydrogens is 522 g/mol. The van der Waals surface area contributed by atoms with Gasteiger partial charge in [0.25, 0.3) is 3.91 Å². The van der Waals surface area contributed by atoms with Crippen molar-refractivity contribution in [3.8, 4) is 0 Å². The predicted octanol–water partition coefficient (Wildman–Crippen LogP) is 2.54. The molecule has 1 aromatic heterocycles. The fourth-order valence-electron chi connectivity index (χ4n) is 2.48. The maximum atomic E-state index is 11.3. The largest absolute Gasteiger partial charge is 0.353 e. The number of halogens is 2. The van der Waals surface area contributed by atoms with Gasteiger partial charge in [0.15, 0.2) is 3.79 Å². The van der Waals surface area contributed by atoms with E-state index in [0.29, 0.717) is 6.42 Å². The fraction of sp³-hybridized carbons (Fsp3) is 0.533. The molecule has 1 fully saturated rings. The lowest BCUT2D eigenvalue weighted by molar-refractivity contribution is -0.109. The molecule has 1 aliphatic rings. The highest BCUT2D eigenvalue weighted by Gasteiger charge is 2.20. The summed E-state index contributed by atoms with van der Waals surface area (Å²) in [4.78, 5) is 33.1. The molecule has 23 heavy (non-hydrogen) atoms. The Morgan fingerprint density at radius 1 is 1.22 bits per heavy atom. The van der Waals surface area contributed by atoms with Crippen molar-refractivity contribution in [2.45, 2.75) is 13.0 Å². The standard InChI is InChI=1S/C15H20I2N4O2/c1-19(5-4-13(16)22)11-12-2-3-14(18-10-12)20-6-8-21(9-7-20)15(17)23/h2-3,10H,4-9,11H2,1H3. The van der Waals surface area contributed by atoms with Gasteiger partial charge in [-0.2, -0.15) is 0 Å². The minimum absolute atomic E-state index is 0.110. The average molecular weight is 542 g/mol. The number of nitrogens with zero attached hydrogens (tertiary/aromatic N) is 4. The summed E-state index contributed by atoms with van der Waals surface area (Å²) in [5.41, 5.74) is 1.14. The Kier molecular flexibility index (Phi) is 7.47. The van der Waals surface area contributed by atoms with Crippen LogP contribution in [0.5, 0.6) is 0 Å². The number of anilines is 1. The number of carbonyl (C=O) groups is 2. The predicted molar refractivity (Wildman–Crippen MR) is 107 cm³/mol. The van der Waals surface area contributed by atoms with Gasteiger partial charge >= 0.3 is 0 Å². The molecule has 0 N–H and O–H groups in total. The van der Waals surface area contributed by atoms with Gasteiger partial charge in [-0.1, -0.05) is 6.07 Å². The van der Waals surface area contributed by atoms with Crippen LogP contribution in [-0.4, -0.2) is 62.3 Å². The van der Waals surface area contributed by atoms with Gasteiger partial charge in [0.05, 0.1) is 0 Å². The third kappa shape index (κ3) is 6.14. The zero-order chi connectivity index (χ0) is 16.8. The van der Waals surface area contributed by atoms with Crippen molar-refractivity contribution in [3.63, 3.8) is 0 Å². The molecule has 0 atom stereocenters. The number of hydrogen-bond acceptors (Lipinski definition) is 5. The summed E-state index contributed by atoms with van der Waals surface area (Å²) >= 11 is 3.67. The monoisotopic (exact) mass is 542 g/mol. The van der Waals surface area contributed by atoms with Crippen molar-refractivity contribution in [2.24, 2.45) is 0 Å². The van der Waals surface area contributed by atoms with E-state index in [9.17, 15) is 9.59 Å². The van der Waals surface area contributed by atoms with E-state index in [1.54, 1.807) is 0 Å². The highest BCUT2D eigenvalue weighted by molar-refractivity contribution is 14.1. The van der Waals surface area contributed by atoms with Gasteiger partial charge in [-0.3, -0.25) is 9.59 Å². The molecule has 0 unspecified atom stereocenters. The second-order valence-electron chi connectivity index (χ2n) is 5.59. The third-order valence-electron chi connectivity index (χ3n) is 3.80. The molecule has 2 heterocycles. The van der Waals surface area contributed by atoms with Gasteiger partial charge < -0.3 is 14.7 Å². The molecule has 0 spiro atoms. The molecule has 0 bridgehead atoms. The first kappa shape index (κ1) is 18.8. The van der Waals surface area contributed by atoms with Crippen LogP contribution in [0.4, 0.5) is 10.6 Å². The number of pyridine rings is 1. The molecule has 0 aromatic carbocycles. The SMILES string of the molecule is CN(CCC(=O)I)Cc1ccc(N2CCN(C(=O)I)CC2)nc1. The van der Waals surface area contributed by atoms with Crippen LogP contribution in [0, 0.1) is 0 Å². The van der Waals surface area contributed by atoms with E-state index in [1.807, 2.05) is 69.4 Å². The first-order chi connectivity index (χ1) is 11.0. The first-order valence-electron chi connectivity index (χ1n) is 7.47. The fourth-order valence-corrected chi connectivity index (χ4v) is 3.20. The molecule has 126 valence electrons. The van der Waals surface area contributed by atoms with E-state index < -0.39 is 0 Å². The van der Waals surface area contributed by atoms with Crippen molar-refractivity contribution < 1.29 is 9.59 Å². The normalized spacial score (nSPS) is 15.1. The van der Waals surface area contributed by atoms with Crippen molar-refractivity contribution in [2.75, 3.05) is 44.7 Å². The summed E-state index contributed by atoms with van der Waals surface area (Å²) in [5.74, 6) is 0.958. The number of aromatic nitrogens is 1. The molecule has 1 saturated heterocycles. The summed E-state index contributed by atoms with van der Waals surface area (Å²) in [7, 11) is 2.01. The Morgan fingerprint density at radius 2 is 1.91 bits per heavy atom. The average Bonchev–Trinajstić information content (AvgIpc) is 2.54. The Bertz CT molecular complexity index is 545. The molecule has 1 amide bonds. The van der Waals surface area contributed by atoms with Crippen LogP contribution in [0.15, 0.2) is 18.3 Å². The van der Waals surface area contributed by atoms with Gasteiger partial charge in [0.2, 0.25) is 0 Å². The van der Waals surface area contributed by atoms with Crippen molar-refractivity contribution in [1.29, 1.82) is 0 Å². The summed E-state index contributed by atoms with van der Waals surface area (Å²) in [5, 5.41) is 0. The van der Waals surface area contributed by atoms with E-state index in [1.165, 1.54) is 0 Å². The Balaban J connectivity index is 1.85. The first-order valence-corrected chi connectivity index (χ1v) is 9.62. The Labute approximate surface area is 163 Å². The Morgan fingerprint density at radius 3 is 2.43 bits per heavy atom. The highest BCUT2D eigenvalue weighted by Crippen LogP contribution is 2.16. The second kappa shape index (κ2) is 9.11. The van der Waals surface area contributed by atoms with E-state index in [0.717, 1.165) is 50.6 Å². The van der Waals surface area contributed by atoms with Crippen LogP contribution >= 0.6 is 45.2 Å². The van der Waals surface area contributed by atoms with Crippen LogP contribution in [0.1, 0.15) is 12.0 Å². The van der Waals surface area contributed by atoms with E-state index in [-0.39, 0.29) is 7.70 Å². The zero-order valence-electron chi connectivity index (χ0n) is 13.0. The summed E-state index contributed by atoms with van der Waals surface area (Å²) in [6.45, 7) is 4.68. The molecule has 1 aliphatic heterocycles. The number of piperazine rings is 1. The smallest absolute Gasteiger partial charge is 0.283 e. The van der Waals surface area contributed by atoms with E-state index in [2.05, 4.69) is 20.9 Å². The van der Waals surface area contributed by atoms with Crippen molar-refractivity contribution >= 4 is 58.7 Å². The van der Waals surface area contributed by atoms with Crippen LogP contribution in [-0.2, 0) is 11.3 Å². The third-order valence-corrected chi connectivity index (χ3v) is 5.03. The van der Waals surface area contributed by atoms with Gasteiger partial charge in [-0.05, 0) is 41.3 Å². The van der Waals surface area contributed by atoms with E-state index in [4.69, 9.17) is 0 Å². The zero-order valence-corrected chi connectivity index (χ0v) is 17.4. The number of rotatable bonds is 6. The van der Waals surface area contributed by atoms with Gasteiger partial charge in [-0.25, -0.2) is 4.98 Å². The number of carbonyl (C=O) groups excluding carboxylic acids is 2. The quantitative estimate of drug-likeness (QED) is 0.315. The summed E-state index contributed by atoms with van der Waals surface area (Å²) in [6.07, 6.45) is 2.47. The lowest BCUT2D eigenvalue weighted by Crippen LogP contribution is -2.47. The maximum absolute atomic E-state index is 11.3. The molecular formula is C15H20I2N4O2. The number of hydrogen-bond donors (Lipinski definition) is 0. The molecule has 6 nitrogen and oxygen atoms in total. The van der Waals surface area contributed by atoms with Gasteiger partial charge in [0, 0.05) is 74.5 Å². The lowest BCUT2D eigenvalue weighted by atomic mass is 10.2. The van der Waals surface area contributed by atoms with Crippen LogP contribution in [0.25, 0.3) is 0 Å². The minimum Gasteiger partial charge on any atom is -0.353 e. The van der Waals surface area contributed by atoms with Gasteiger partial charge in [0.1, 0.15) is 5.82 Å². The number of amides is 1. The van der Waals surface area contributed by atoms with Gasteiger partial charge in [-0.15, -0.1) is 0 Å². The molecule has 1 aromatic rings.